The summed E-state index contributed by atoms with van der Waals surface area (Å²) >= 11 is 3.05. The Labute approximate surface area is 99.2 Å². The molecule has 4 nitrogen and oxygen atoms in total. The molecule has 16 heavy (non-hydrogen) atoms. The van der Waals surface area contributed by atoms with Gasteiger partial charge >= 0.3 is 0 Å². The van der Waals surface area contributed by atoms with Gasteiger partial charge in [-0.1, -0.05) is 11.3 Å². The van der Waals surface area contributed by atoms with E-state index in [-0.39, 0.29) is 15.8 Å². The Morgan fingerprint density at radius 3 is 2.88 bits per heavy atom. The van der Waals surface area contributed by atoms with Crippen LogP contribution in [0.4, 0.5) is 4.39 Å². The summed E-state index contributed by atoms with van der Waals surface area (Å²) in [7, 11) is 1.60. The van der Waals surface area contributed by atoms with Crippen molar-refractivity contribution in [2.45, 2.75) is 0 Å². The molecule has 82 valence electrons. The molecule has 0 saturated carbocycles. The lowest BCUT2D eigenvalue weighted by Gasteiger charge is -2.03. The molecule has 0 radical (unpaired) electrons. The number of rotatable bonds is 2. The molecule has 2 rings (SSSR count). The minimum atomic E-state index is -0.471. The molecule has 2 aromatic rings. The monoisotopic (exact) mass is 283 g/mol. The van der Waals surface area contributed by atoms with Crippen LogP contribution in [0, 0.1) is 5.82 Å². The van der Waals surface area contributed by atoms with Crippen LogP contribution in [0.25, 0.3) is 0 Å². The normalized spacial score (nSPS) is 10.4. The fourth-order valence-electron chi connectivity index (χ4n) is 1.31. The summed E-state index contributed by atoms with van der Waals surface area (Å²) < 4.78 is 14.7. The molecule has 0 aliphatic heterocycles. The first-order valence-corrected chi connectivity index (χ1v) is 5.24. The van der Waals surface area contributed by atoms with Crippen LogP contribution in [0.15, 0.2) is 28.9 Å². The highest BCUT2D eigenvalue weighted by Gasteiger charge is 2.18. The molecule has 0 unspecified atom stereocenters. The molecular formula is C10H7BrFN3O. The number of halogens is 2. The van der Waals surface area contributed by atoms with Gasteiger partial charge in [-0.25, -0.2) is 9.07 Å². The number of nitrogens with zero attached hydrogens (tertiary/aromatic N) is 3. The van der Waals surface area contributed by atoms with Crippen LogP contribution in [-0.4, -0.2) is 20.8 Å². The van der Waals surface area contributed by atoms with Gasteiger partial charge in [0.25, 0.3) is 0 Å². The third-order valence-corrected chi connectivity index (χ3v) is 2.95. The molecule has 0 N–H and O–H groups in total. The van der Waals surface area contributed by atoms with E-state index in [9.17, 15) is 9.18 Å². The predicted molar refractivity (Wildman–Crippen MR) is 58.5 cm³/mol. The molecule has 0 aliphatic rings. The first-order chi connectivity index (χ1) is 7.61. The SMILES string of the molecule is Cn1nncc1C(=O)c1cccc(F)c1Br. The fourth-order valence-corrected chi connectivity index (χ4v) is 1.76. The summed E-state index contributed by atoms with van der Waals surface area (Å²) in [5, 5.41) is 7.26. The van der Waals surface area contributed by atoms with Crippen LogP contribution in [-0.2, 0) is 7.05 Å². The van der Waals surface area contributed by atoms with E-state index in [4.69, 9.17) is 0 Å². The molecule has 1 aromatic carbocycles. The molecule has 0 spiro atoms. The van der Waals surface area contributed by atoms with E-state index >= 15 is 0 Å². The maximum absolute atomic E-state index is 13.2. The third-order valence-electron chi connectivity index (χ3n) is 2.14. The smallest absolute Gasteiger partial charge is 0.213 e. The number of hydrogen-bond donors (Lipinski definition) is 0. The maximum atomic E-state index is 13.2. The minimum Gasteiger partial charge on any atom is -0.287 e. The summed E-state index contributed by atoms with van der Waals surface area (Å²) in [6.45, 7) is 0. The van der Waals surface area contributed by atoms with Crippen molar-refractivity contribution in [2.24, 2.45) is 7.05 Å². The van der Waals surface area contributed by atoms with Gasteiger partial charge in [0.2, 0.25) is 5.78 Å². The van der Waals surface area contributed by atoms with Gasteiger partial charge in [0.1, 0.15) is 11.5 Å². The molecule has 0 aliphatic carbocycles. The number of carbonyl (C=O) groups excluding carboxylic acids is 1. The van der Waals surface area contributed by atoms with Crippen molar-refractivity contribution in [3.63, 3.8) is 0 Å². The van der Waals surface area contributed by atoms with E-state index in [1.807, 2.05) is 0 Å². The van der Waals surface area contributed by atoms with Crippen LogP contribution in [0.3, 0.4) is 0 Å². The van der Waals surface area contributed by atoms with E-state index in [1.165, 1.54) is 23.0 Å². The van der Waals surface area contributed by atoms with Gasteiger partial charge in [-0.3, -0.25) is 4.79 Å². The van der Waals surface area contributed by atoms with Crippen molar-refractivity contribution in [3.05, 3.63) is 45.9 Å². The third kappa shape index (κ3) is 1.76. The van der Waals surface area contributed by atoms with Crippen LogP contribution < -0.4 is 0 Å². The summed E-state index contributed by atoms with van der Waals surface area (Å²) in [5.41, 5.74) is 0.566. The van der Waals surface area contributed by atoms with Crippen LogP contribution in [0.2, 0.25) is 0 Å². The second-order valence-electron chi connectivity index (χ2n) is 3.17. The quantitative estimate of drug-likeness (QED) is 0.792. The van der Waals surface area contributed by atoms with Crippen molar-refractivity contribution in [3.8, 4) is 0 Å². The molecular weight excluding hydrogens is 277 g/mol. The van der Waals surface area contributed by atoms with E-state index in [0.717, 1.165) is 0 Å². The molecule has 1 heterocycles. The first kappa shape index (κ1) is 10.9. The van der Waals surface area contributed by atoms with Crippen molar-refractivity contribution in [1.82, 2.24) is 15.0 Å². The molecule has 6 heteroatoms. The van der Waals surface area contributed by atoms with Gasteiger partial charge in [-0.05, 0) is 28.1 Å². The summed E-state index contributed by atoms with van der Waals surface area (Å²) in [6.07, 6.45) is 1.35. The zero-order valence-corrected chi connectivity index (χ0v) is 9.90. The number of aromatic nitrogens is 3. The highest BCUT2D eigenvalue weighted by molar-refractivity contribution is 9.10. The van der Waals surface area contributed by atoms with Crippen molar-refractivity contribution < 1.29 is 9.18 Å². The Morgan fingerprint density at radius 2 is 2.25 bits per heavy atom. The Hall–Kier alpha value is -1.56. The van der Waals surface area contributed by atoms with Crippen LogP contribution in [0.1, 0.15) is 16.1 Å². The van der Waals surface area contributed by atoms with E-state index in [2.05, 4.69) is 26.2 Å². The van der Waals surface area contributed by atoms with Crippen LogP contribution >= 0.6 is 15.9 Å². The molecule has 0 saturated heterocycles. The van der Waals surface area contributed by atoms with Crippen molar-refractivity contribution in [1.29, 1.82) is 0 Å². The van der Waals surface area contributed by atoms with Gasteiger partial charge in [-0.2, -0.15) is 0 Å². The van der Waals surface area contributed by atoms with Gasteiger partial charge in [0.05, 0.1) is 10.7 Å². The summed E-state index contributed by atoms with van der Waals surface area (Å²) in [5.74, 6) is -0.792. The Kier molecular flexibility index (Phi) is 2.82. The van der Waals surface area contributed by atoms with Crippen molar-refractivity contribution >= 4 is 21.7 Å². The Balaban J connectivity index is 2.50. The average molecular weight is 284 g/mol. The first-order valence-electron chi connectivity index (χ1n) is 4.44. The lowest BCUT2D eigenvalue weighted by atomic mass is 10.1. The Bertz CT molecular complexity index is 553. The van der Waals surface area contributed by atoms with Gasteiger partial charge in [0, 0.05) is 12.6 Å². The second-order valence-corrected chi connectivity index (χ2v) is 3.97. The van der Waals surface area contributed by atoms with E-state index in [1.54, 1.807) is 13.1 Å². The highest BCUT2D eigenvalue weighted by atomic mass is 79.9. The average Bonchev–Trinajstić information content (AvgIpc) is 2.68. The largest absolute Gasteiger partial charge is 0.287 e. The van der Waals surface area contributed by atoms with Crippen LogP contribution in [0.5, 0.6) is 0 Å². The summed E-state index contributed by atoms with van der Waals surface area (Å²) in [6, 6.07) is 4.31. The maximum Gasteiger partial charge on any atom is 0.213 e. The lowest BCUT2D eigenvalue weighted by molar-refractivity contribution is 0.102. The summed E-state index contributed by atoms with van der Waals surface area (Å²) in [4.78, 5) is 12.0. The molecule has 0 fully saturated rings. The van der Waals surface area contributed by atoms with E-state index < -0.39 is 5.82 Å². The van der Waals surface area contributed by atoms with Gasteiger partial charge in [-0.15, -0.1) is 5.10 Å². The number of aryl methyl sites for hydroxylation is 1. The van der Waals surface area contributed by atoms with Crippen molar-refractivity contribution in [2.75, 3.05) is 0 Å². The fraction of sp³-hybridized carbons (Fsp3) is 0.100. The van der Waals surface area contributed by atoms with Gasteiger partial charge < -0.3 is 0 Å². The van der Waals surface area contributed by atoms with Gasteiger partial charge in [0.15, 0.2) is 0 Å². The number of benzene rings is 1. The second kappa shape index (κ2) is 4.13. The predicted octanol–water partition coefficient (Wildman–Crippen LogP) is 1.95. The topological polar surface area (TPSA) is 47.8 Å². The zero-order chi connectivity index (χ0) is 11.7. The molecule has 0 atom stereocenters. The zero-order valence-electron chi connectivity index (χ0n) is 8.32. The number of hydrogen-bond acceptors (Lipinski definition) is 3. The molecule has 0 amide bonds. The number of ketones is 1. The Morgan fingerprint density at radius 1 is 1.50 bits per heavy atom. The number of carbonyl (C=O) groups is 1. The molecule has 1 aromatic heterocycles. The highest BCUT2D eigenvalue weighted by Crippen LogP contribution is 2.22. The molecule has 0 bridgehead atoms. The van der Waals surface area contributed by atoms with E-state index in [0.29, 0.717) is 5.69 Å². The standard InChI is InChI=1S/C10H7BrFN3O/c1-15-8(5-13-14-15)10(16)6-3-2-4-7(12)9(6)11/h2-5H,1H3. The minimum absolute atomic E-state index is 0.154. The lowest BCUT2D eigenvalue weighted by Crippen LogP contribution is -2.09.